The fourth-order valence-electron chi connectivity index (χ4n) is 3.43. The maximum Gasteiger partial charge on any atom is 0.250 e. The van der Waals surface area contributed by atoms with Crippen LogP contribution in [0.15, 0.2) is 24.3 Å². The van der Waals surface area contributed by atoms with E-state index in [9.17, 15) is 4.79 Å². The van der Waals surface area contributed by atoms with E-state index in [0.29, 0.717) is 19.2 Å². The molecule has 0 saturated carbocycles. The third kappa shape index (κ3) is 4.48. The molecule has 0 aromatic heterocycles. The lowest BCUT2D eigenvalue weighted by Crippen LogP contribution is -2.52. The van der Waals surface area contributed by atoms with Crippen LogP contribution in [0.1, 0.15) is 32.3 Å². The van der Waals surface area contributed by atoms with Gasteiger partial charge < -0.3 is 14.8 Å². The third-order valence-corrected chi connectivity index (χ3v) is 4.69. The maximum atomic E-state index is 12.3. The number of hydrogen-bond donors (Lipinski definition) is 1. The predicted molar refractivity (Wildman–Crippen MR) is 93.3 cm³/mol. The number of fused-ring (bicyclic) bond motifs is 1. The second-order valence-corrected chi connectivity index (χ2v) is 6.96. The van der Waals surface area contributed by atoms with Gasteiger partial charge in [-0.1, -0.05) is 12.1 Å². The molecule has 2 atom stereocenters. The number of amides is 1. The molecule has 2 unspecified atom stereocenters. The van der Waals surface area contributed by atoms with Crippen molar-refractivity contribution in [3.8, 4) is 5.75 Å². The third-order valence-electron chi connectivity index (χ3n) is 4.69. The highest BCUT2D eigenvalue weighted by Gasteiger charge is 2.35. The number of carbonyl (C=O) groups excluding carboxylic acids is 1. The van der Waals surface area contributed by atoms with Crippen LogP contribution >= 0.6 is 0 Å². The molecule has 2 saturated heterocycles. The summed E-state index contributed by atoms with van der Waals surface area (Å²) in [5.74, 6) is 0.897. The first-order valence-corrected chi connectivity index (χ1v) is 9.01. The minimum atomic E-state index is -0.318. The van der Waals surface area contributed by atoms with Crippen molar-refractivity contribution in [1.29, 1.82) is 0 Å². The van der Waals surface area contributed by atoms with Crippen molar-refractivity contribution in [1.82, 2.24) is 10.2 Å². The number of rotatable bonds is 6. The number of hydrogen-bond acceptors (Lipinski definition) is 4. The van der Waals surface area contributed by atoms with Gasteiger partial charge in [-0.3, -0.25) is 9.69 Å². The van der Waals surface area contributed by atoms with Crippen LogP contribution in [0.2, 0.25) is 0 Å². The van der Waals surface area contributed by atoms with E-state index in [1.165, 1.54) is 18.4 Å². The molecule has 3 rings (SSSR count). The van der Waals surface area contributed by atoms with Crippen LogP contribution in [0, 0.1) is 0 Å². The monoisotopic (exact) mass is 332 g/mol. The van der Waals surface area contributed by atoms with Crippen molar-refractivity contribution in [2.45, 2.75) is 51.4 Å². The smallest absolute Gasteiger partial charge is 0.250 e. The molecule has 5 nitrogen and oxygen atoms in total. The molecule has 2 aliphatic heterocycles. The van der Waals surface area contributed by atoms with E-state index >= 15 is 0 Å². The number of carbonyl (C=O) groups is 1. The largest absolute Gasteiger partial charge is 0.491 e. The molecule has 1 amide bonds. The summed E-state index contributed by atoms with van der Waals surface area (Å²) in [7, 11) is 0. The molecule has 2 aliphatic rings. The van der Waals surface area contributed by atoms with Gasteiger partial charge in [0.25, 0.3) is 0 Å². The molecule has 132 valence electrons. The SMILES string of the molecule is CC(C)Oc1ccc(CCNC(=O)C2CN3CCCC3CO2)cc1. The lowest BCUT2D eigenvalue weighted by atomic mass is 10.1. The number of benzene rings is 1. The van der Waals surface area contributed by atoms with Gasteiger partial charge in [0.15, 0.2) is 0 Å². The predicted octanol–water partition coefficient (Wildman–Crippen LogP) is 2.00. The Morgan fingerprint density at radius 3 is 2.92 bits per heavy atom. The highest BCUT2D eigenvalue weighted by molar-refractivity contribution is 5.81. The zero-order valence-electron chi connectivity index (χ0n) is 14.7. The minimum absolute atomic E-state index is 0.0140. The van der Waals surface area contributed by atoms with Crippen LogP contribution in [-0.4, -0.2) is 55.3 Å². The Balaban J connectivity index is 1.40. The Hall–Kier alpha value is -1.59. The van der Waals surface area contributed by atoms with E-state index < -0.39 is 0 Å². The Morgan fingerprint density at radius 1 is 1.38 bits per heavy atom. The van der Waals surface area contributed by atoms with Crippen LogP contribution in [0.4, 0.5) is 0 Å². The molecule has 2 heterocycles. The molecule has 5 heteroatoms. The van der Waals surface area contributed by atoms with E-state index in [4.69, 9.17) is 9.47 Å². The molecule has 0 bridgehead atoms. The first-order chi connectivity index (χ1) is 11.6. The second kappa shape index (κ2) is 7.99. The molecule has 0 aliphatic carbocycles. The fraction of sp³-hybridized carbons (Fsp3) is 0.632. The fourth-order valence-corrected chi connectivity index (χ4v) is 3.43. The summed E-state index contributed by atoms with van der Waals surface area (Å²) in [6, 6.07) is 8.59. The molecule has 1 N–H and O–H groups in total. The first-order valence-electron chi connectivity index (χ1n) is 9.01. The summed E-state index contributed by atoms with van der Waals surface area (Å²) in [4.78, 5) is 14.7. The topological polar surface area (TPSA) is 50.8 Å². The van der Waals surface area contributed by atoms with Crippen LogP contribution in [0.3, 0.4) is 0 Å². The van der Waals surface area contributed by atoms with E-state index in [-0.39, 0.29) is 18.1 Å². The Kier molecular flexibility index (Phi) is 5.74. The number of ether oxygens (including phenoxy) is 2. The van der Waals surface area contributed by atoms with Crippen molar-refractivity contribution in [3.05, 3.63) is 29.8 Å². The molecular weight excluding hydrogens is 304 g/mol. The molecular formula is C19H28N2O3. The zero-order valence-corrected chi connectivity index (χ0v) is 14.7. The minimum Gasteiger partial charge on any atom is -0.491 e. The summed E-state index contributed by atoms with van der Waals surface area (Å²) in [6.45, 7) is 7.19. The van der Waals surface area contributed by atoms with Gasteiger partial charge in [0.2, 0.25) is 5.91 Å². The number of nitrogens with zero attached hydrogens (tertiary/aromatic N) is 1. The Labute approximate surface area is 144 Å². The number of morpholine rings is 1. The van der Waals surface area contributed by atoms with Gasteiger partial charge in [0, 0.05) is 19.1 Å². The highest BCUT2D eigenvalue weighted by atomic mass is 16.5. The van der Waals surface area contributed by atoms with Crippen molar-refractivity contribution in [2.24, 2.45) is 0 Å². The van der Waals surface area contributed by atoms with Crippen molar-refractivity contribution in [3.63, 3.8) is 0 Å². The molecule has 1 aromatic rings. The van der Waals surface area contributed by atoms with E-state index in [1.54, 1.807) is 0 Å². The lowest BCUT2D eigenvalue weighted by Gasteiger charge is -2.34. The van der Waals surface area contributed by atoms with Crippen LogP contribution in [0.25, 0.3) is 0 Å². The molecule has 0 radical (unpaired) electrons. The molecule has 2 fully saturated rings. The summed E-state index contributed by atoms with van der Waals surface area (Å²) in [6.07, 6.45) is 3.10. The molecule has 1 aromatic carbocycles. The van der Waals surface area contributed by atoms with Gasteiger partial charge in [-0.05, 0) is 57.4 Å². The maximum absolute atomic E-state index is 12.3. The average Bonchev–Trinajstić information content (AvgIpc) is 3.03. The van der Waals surface area contributed by atoms with Gasteiger partial charge in [0.05, 0.1) is 12.7 Å². The zero-order chi connectivity index (χ0) is 16.9. The van der Waals surface area contributed by atoms with Gasteiger partial charge in [-0.15, -0.1) is 0 Å². The summed E-state index contributed by atoms with van der Waals surface area (Å²) < 4.78 is 11.4. The Morgan fingerprint density at radius 2 is 2.17 bits per heavy atom. The summed E-state index contributed by atoms with van der Waals surface area (Å²) in [5.41, 5.74) is 1.19. The quantitative estimate of drug-likeness (QED) is 0.866. The summed E-state index contributed by atoms with van der Waals surface area (Å²) in [5, 5.41) is 3.01. The van der Waals surface area contributed by atoms with E-state index in [1.807, 2.05) is 26.0 Å². The van der Waals surface area contributed by atoms with Crippen molar-refractivity contribution < 1.29 is 14.3 Å². The van der Waals surface area contributed by atoms with Crippen LogP contribution < -0.4 is 10.1 Å². The van der Waals surface area contributed by atoms with E-state index in [0.717, 1.165) is 25.3 Å². The van der Waals surface area contributed by atoms with Crippen molar-refractivity contribution in [2.75, 3.05) is 26.2 Å². The highest BCUT2D eigenvalue weighted by Crippen LogP contribution is 2.22. The second-order valence-electron chi connectivity index (χ2n) is 6.96. The van der Waals surface area contributed by atoms with Crippen LogP contribution in [0.5, 0.6) is 5.75 Å². The first kappa shape index (κ1) is 17.2. The van der Waals surface area contributed by atoms with E-state index in [2.05, 4.69) is 22.3 Å². The van der Waals surface area contributed by atoms with Gasteiger partial charge in [-0.25, -0.2) is 0 Å². The average molecular weight is 332 g/mol. The van der Waals surface area contributed by atoms with Gasteiger partial charge in [0.1, 0.15) is 11.9 Å². The van der Waals surface area contributed by atoms with Gasteiger partial charge >= 0.3 is 0 Å². The summed E-state index contributed by atoms with van der Waals surface area (Å²) >= 11 is 0. The van der Waals surface area contributed by atoms with Crippen LogP contribution in [-0.2, 0) is 16.0 Å². The Bertz CT molecular complexity index is 544. The van der Waals surface area contributed by atoms with Crippen molar-refractivity contribution >= 4 is 5.91 Å². The number of nitrogens with one attached hydrogen (secondary N) is 1. The lowest BCUT2D eigenvalue weighted by molar-refractivity contribution is -0.140. The normalized spacial score (nSPS) is 24.0. The van der Waals surface area contributed by atoms with Gasteiger partial charge in [-0.2, -0.15) is 0 Å². The molecule has 0 spiro atoms. The molecule has 24 heavy (non-hydrogen) atoms. The standard InChI is InChI=1S/C19H28N2O3/c1-14(2)24-17-7-5-15(6-8-17)9-10-20-19(22)18-12-21-11-3-4-16(21)13-23-18/h5-8,14,16,18H,3-4,9-13H2,1-2H3,(H,20,22).